The summed E-state index contributed by atoms with van der Waals surface area (Å²) in [6, 6.07) is 0.813. The van der Waals surface area contributed by atoms with Crippen LogP contribution < -0.4 is 0 Å². The fraction of sp³-hybridized carbons (Fsp3) is 1.00. The summed E-state index contributed by atoms with van der Waals surface area (Å²) < 4.78 is 11.5. The first-order chi connectivity index (χ1) is 65.3. The van der Waals surface area contributed by atoms with Gasteiger partial charge in [0.05, 0.1) is 6.61 Å². The minimum Gasteiger partial charge on any atom is -0.381 e. The van der Waals surface area contributed by atoms with E-state index in [0.29, 0.717) is 87.6 Å². The highest BCUT2D eigenvalue weighted by atomic mass is 16.5. The Labute approximate surface area is 907 Å². The molecular formula is C127H271N15O2. The smallest absolute Gasteiger partial charge is 0.0593 e. The van der Waals surface area contributed by atoms with Crippen LogP contribution in [0.4, 0.5) is 0 Å². The molecule has 144 heavy (non-hydrogen) atoms. The molecule has 0 aromatic carbocycles. The lowest BCUT2D eigenvalue weighted by Crippen LogP contribution is -2.57. The zero-order valence-corrected chi connectivity index (χ0v) is 109. The third kappa shape index (κ3) is 79.3. The van der Waals surface area contributed by atoms with Gasteiger partial charge in [-0.25, -0.2) is 0 Å². The van der Waals surface area contributed by atoms with Gasteiger partial charge in [-0.15, -0.1) is 0 Å². The van der Waals surface area contributed by atoms with E-state index in [1.54, 1.807) is 0 Å². The van der Waals surface area contributed by atoms with Gasteiger partial charge in [0.2, 0.25) is 0 Å². The average molecular weight is 2040 g/mol. The predicted molar refractivity (Wildman–Crippen MR) is 646 cm³/mol. The van der Waals surface area contributed by atoms with Crippen LogP contribution in [0.15, 0.2) is 0 Å². The number of rotatable bonds is 35. The van der Waals surface area contributed by atoms with Crippen molar-refractivity contribution < 1.29 is 9.47 Å². The summed E-state index contributed by atoms with van der Waals surface area (Å²) in [7, 11) is 4.60. The molecule has 0 unspecified atom stereocenters. The van der Waals surface area contributed by atoms with Crippen molar-refractivity contribution in [1.29, 1.82) is 0 Å². The van der Waals surface area contributed by atoms with Crippen molar-refractivity contribution in [2.45, 2.75) is 524 Å². The lowest BCUT2D eigenvalue weighted by Gasteiger charge is -2.46. The van der Waals surface area contributed by atoms with Gasteiger partial charge in [0.25, 0.3) is 0 Å². The molecule has 0 saturated carbocycles. The number of hydrogen-bond acceptors (Lipinski definition) is 17. The molecular weight excluding hydrogens is 1770 g/mol. The standard InChI is InChI=1S/C20H42N2.2C18H38N2O.C17H37N.C15H32N2.C14H30N2.C13H28N2.C12H26N2/c1-19(2,3)14-10-8-9-11-15-21(7)18-12-16-22(17-13-18)20(4,5)6;1-17(2,3)9-7-15-21-16-8-10-19-11-13-20(14-12-19)18(4,5)6;1-17(2,3)9-7-8-15-21-16-14-19-10-12-20(13-11-19)18(4,5)6;1-16(2,3)12-10-8-9-11-14-18(7)15-13-17(4,5)6;1-14(2,3)8-7-9-16-10-12-17(13-11-16)15(4,5)6;1-13(2,3)7-8-15-9-11-16(12-10-15)14(4,5)6;1-12(2,3)11-14-7-9-15(10-8-14)13(4,5)6;1-11(2,3)13-7-9-14(10-8-13)12(4,5)6/h18H,8-17H2,1-7H3;2*7-16H2,1-6H3;8-15H2,1-7H3;7-13H2,1-6H3;7-12H2,1-6H3;7-11H2,1-6H3;7-10H2,1-6H3. The van der Waals surface area contributed by atoms with Gasteiger partial charge in [0, 0.05) is 260 Å². The van der Waals surface area contributed by atoms with Crippen molar-refractivity contribution in [3.8, 4) is 0 Å². The van der Waals surface area contributed by atoms with Gasteiger partial charge in [-0.2, -0.15) is 0 Å². The summed E-state index contributed by atoms with van der Waals surface area (Å²) in [4.78, 5) is 38.9. The Kier molecular flexibility index (Phi) is 67.1. The molecule has 0 aromatic rings. The van der Waals surface area contributed by atoms with Crippen LogP contribution in [-0.4, -0.2) is 387 Å². The van der Waals surface area contributed by atoms with E-state index in [9.17, 15) is 0 Å². The number of likely N-dealkylation sites (tertiary alicyclic amines) is 1. The normalized spacial score (nSPS) is 19.5. The highest BCUT2D eigenvalue weighted by Gasteiger charge is 2.36. The van der Waals surface area contributed by atoms with Crippen molar-refractivity contribution >= 4 is 0 Å². The van der Waals surface area contributed by atoms with E-state index < -0.39 is 0 Å². The summed E-state index contributed by atoms with van der Waals surface area (Å²) in [6.45, 7) is 157. The molecule has 0 radical (unpaired) electrons. The van der Waals surface area contributed by atoms with Gasteiger partial charge in [0.15, 0.2) is 0 Å². The molecule has 7 saturated heterocycles. The number of nitrogens with zero attached hydrogens (tertiary/aromatic N) is 15. The first-order valence-corrected chi connectivity index (χ1v) is 60.5. The lowest BCUT2D eigenvalue weighted by atomic mass is 9.89. The van der Waals surface area contributed by atoms with E-state index >= 15 is 0 Å². The Bertz CT molecular complexity index is 2960. The second-order valence-corrected chi connectivity index (χ2v) is 63.5. The van der Waals surface area contributed by atoms with Gasteiger partial charge in [-0.3, -0.25) is 44.1 Å². The minimum atomic E-state index is 0.315. The number of hydrogen-bond donors (Lipinski definition) is 0. The highest BCUT2D eigenvalue weighted by molar-refractivity contribution is 4.92. The maximum absolute atomic E-state index is 5.79. The van der Waals surface area contributed by atoms with Crippen LogP contribution in [0.1, 0.15) is 474 Å². The first kappa shape index (κ1) is 143. The third-order valence-electron chi connectivity index (χ3n) is 30.7. The molecule has 7 fully saturated rings. The minimum absolute atomic E-state index is 0.315. The van der Waals surface area contributed by atoms with E-state index in [4.69, 9.17) is 9.47 Å². The van der Waals surface area contributed by atoms with Gasteiger partial charge in [0.1, 0.15) is 0 Å². The van der Waals surface area contributed by atoms with Crippen molar-refractivity contribution in [2.24, 2.45) is 43.3 Å². The Morgan fingerprint density at radius 1 is 0.181 bits per heavy atom. The van der Waals surface area contributed by atoms with Crippen LogP contribution in [0.3, 0.4) is 0 Å². The van der Waals surface area contributed by atoms with E-state index in [-0.39, 0.29) is 0 Å². The molecule has 0 atom stereocenters. The molecule has 0 N–H and O–H groups in total. The molecule has 7 aliphatic rings. The number of ether oxygens (including phenoxy) is 2. The average Bonchev–Trinajstić information content (AvgIpc) is 0.828. The largest absolute Gasteiger partial charge is 0.381 e. The van der Waals surface area contributed by atoms with Crippen molar-refractivity contribution in [2.75, 3.05) is 263 Å². The third-order valence-corrected chi connectivity index (χ3v) is 30.7. The maximum atomic E-state index is 5.79. The topological polar surface area (TPSA) is 67.1 Å². The second-order valence-electron chi connectivity index (χ2n) is 63.5. The summed E-state index contributed by atoms with van der Waals surface area (Å²) in [6.07, 6.45) is 29.3. The molecule has 0 amide bonds. The molecule has 0 aliphatic carbocycles. The Morgan fingerprint density at radius 3 is 0.715 bits per heavy atom. The van der Waals surface area contributed by atoms with Gasteiger partial charge in [-0.1, -0.05) is 211 Å². The monoisotopic (exact) mass is 2040 g/mol. The quantitative estimate of drug-likeness (QED) is 0.0565. The van der Waals surface area contributed by atoms with E-state index in [2.05, 4.69) is 420 Å². The summed E-state index contributed by atoms with van der Waals surface area (Å²) in [5.41, 5.74) is 6.49. The summed E-state index contributed by atoms with van der Waals surface area (Å²) in [5, 5.41) is 0. The summed E-state index contributed by atoms with van der Waals surface area (Å²) >= 11 is 0. The van der Waals surface area contributed by atoms with E-state index in [0.717, 1.165) is 39.0 Å². The lowest BCUT2D eigenvalue weighted by molar-refractivity contribution is 0.0211. The number of piperazine rings is 6. The molecule has 17 heteroatoms. The Hall–Kier alpha value is -0.680. The van der Waals surface area contributed by atoms with E-state index in [1.165, 1.54) is 357 Å². The first-order valence-electron chi connectivity index (χ1n) is 60.5. The Balaban J connectivity index is 0.00000163. The predicted octanol–water partition coefficient (Wildman–Crippen LogP) is 28.5. The summed E-state index contributed by atoms with van der Waals surface area (Å²) in [5.74, 6) is 0. The van der Waals surface area contributed by atoms with Gasteiger partial charge in [-0.05, 0) is 353 Å². The molecule has 7 aliphatic heterocycles. The van der Waals surface area contributed by atoms with Crippen LogP contribution >= 0.6 is 0 Å². The Morgan fingerprint density at radius 2 is 0.410 bits per heavy atom. The van der Waals surface area contributed by atoms with Crippen LogP contribution in [-0.2, 0) is 9.47 Å². The SMILES string of the molecule is CC(C)(C)CCCCOCCN1CCN(C(C)(C)C)CC1.CC(C)(C)CCCN1CCN(C(C)(C)C)CC1.CC(C)(C)CCCOCCCN1CCN(C(C)(C)C)CC1.CC(C)(C)CCN1CCN(C(C)(C)C)CC1.CC(C)(C)CN1CCN(C(C)(C)C)CC1.CC(C)(C)N1CCN(C(C)(C)C)CC1.CN(CCCCCCC(C)(C)C)C1CCN(C(C)(C)C)CC1.CN(CCCCCCC(C)(C)C)CCC(C)(C)C. The zero-order valence-electron chi connectivity index (χ0n) is 109. The molecule has 0 bridgehead atoms. The van der Waals surface area contributed by atoms with Crippen molar-refractivity contribution in [1.82, 2.24) is 73.5 Å². The molecule has 0 spiro atoms. The molecule has 7 heterocycles. The zero-order chi connectivity index (χ0) is 111. The van der Waals surface area contributed by atoms with Crippen LogP contribution in [0, 0.1) is 43.3 Å². The van der Waals surface area contributed by atoms with Crippen molar-refractivity contribution in [3.05, 3.63) is 0 Å². The van der Waals surface area contributed by atoms with Crippen molar-refractivity contribution in [3.63, 3.8) is 0 Å². The van der Waals surface area contributed by atoms with Gasteiger partial charge >= 0.3 is 0 Å². The van der Waals surface area contributed by atoms with Crippen LogP contribution in [0.5, 0.6) is 0 Å². The molecule has 0 aromatic heterocycles. The number of piperidine rings is 1. The second kappa shape index (κ2) is 67.4. The molecule has 17 nitrogen and oxygen atoms in total. The van der Waals surface area contributed by atoms with Crippen LogP contribution in [0.2, 0.25) is 0 Å². The molecule has 866 valence electrons. The number of unbranched alkanes of at least 4 members (excludes halogenated alkanes) is 7. The van der Waals surface area contributed by atoms with Crippen LogP contribution in [0.25, 0.3) is 0 Å². The highest BCUT2D eigenvalue weighted by Crippen LogP contribution is 2.32. The van der Waals surface area contributed by atoms with E-state index in [1.807, 2.05) is 0 Å². The fourth-order valence-corrected chi connectivity index (χ4v) is 20.1. The van der Waals surface area contributed by atoms with Gasteiger partial charge < -0.3 is 38.9 Å². The fourth-order valence-electron chi connectivity index (χ4n) is 20.1. The maximum Gasteiger partial charge on any atom is 0.0593 e. The molecule has 7 rings (SSSR count).